The highest BCUT2D eigenvalue weighted by Gasteiger charge is 2.34. The molecule has 1 N–H and O–H groups in total. The Kier molecular flexibility index (Phi) is 4.91. The summed E-state index contributed by atoms with van der Waals surface area (Å²) in [4.78, 5) is 0. The predicted octanol–water partition coefficient (Wildman–Crippen LogP) is 4.29. The molecule has 142 valence electrons. The van der Waals surface area contributed by atoms with Crippen molar-refractivity contribution in [2.45, 2.75) is 38.4 Å². The van der Waals surface area contributed by atoms with Gasteiger partial charge in [0.05, 0.1) is 12.2 Å². The molecule has 0 saturated heterocycles. The number of aromatic nitrogens is 2. The van der Waals surface area contributed by atoms with E-state index in [0.29, 0.717) is 13.0 Å². The quantitative estimate of drug-likeness (QED) is 0.870. The first-order valence-electron chi connectivity index (χ1n) is 9.33. The normalized spacial score (nSPS) is 17.7. The Balaban J connectivity index is 1.71. The number of fused-ring (bicyclic) bond motifs is 1. The fourth-order valence-electron chi connectivity index (χ4n) is 3.84. The van der Waals surface area contributed by atoms with E-state index in [2.05, 4.69) is 17.4 Å². The summed E-state index contributed by atoms with van der Waals surface area (Å²) in [5.41, 5.74) is 4.89. The molecular weight excluding hydrogens is 351 g/mol. The van der Waals surface area contributed by atoms with Gasteiger partial charge in [-0.3, -0.25) is 4.68 Å². The molecular formula is C21H22F3N3. The lowest BCUT2D eigenvalue weighted by Gasteiger charge is -2.16. The Bertz CT molecular complexity index is 876. The fraction of sp³-hybridized carbons (Fsp3) is 0.381. The van der Waals surface area contributed by atoms with E-state index in [1.807, 2.05) is 22.9 Å². The van der Waals surface area contributed by atoms with Crippen molar-refractivity contribution in [3.63, 3.8) is 0 Å². The zero-order chi connectivity index (χ0) is 18.9. The van der Waals surface area contributed by atoms with E-state index in [9.17, 15) is 13.2 Å². The number of alkyl halides is 3. The van der Waals surface area contributed by atoms with Crippen LogP contribution in [0.5, 0.6) is 0 Å². The Hall–Kier alpha value is -2.34. The summed E-state index contributed by atoms with van der Waals surface area (Å²) in [6.45, 7) is 2.44. The summed E-state index contributed by atoms with van der Waals surface area (Å²) in [5, 5.41) is 8.26. The van der Waals surface area contributed by atoms with E-state index >= 15 is 0 Å². The standard InChI is InChI=1S/C21H22F3N3/c22-21(23,24)17-8-6-16(7-9-17)20-18-10-12-25-13-11-19(18)27(26-20)14-15-4-2-1-3-5-15/h1-6,8,25H,7,9-14H2. The first-order chi connectivity index (χ1) is 13.0. The average molecular weight is 373 g/mol. The lowest BCUT2D eigenvalue weighted by Crippen LogP contribution is -2.18. The third-order valence-corrected chi connectivity index (χ3v) is 5.25. The summed E-state index contributed by atoms with van der Waals surface area (Å²) in [6, 6.07) is 10.1. The minimum atomic E-state index is -4.24. The van der Waals surface area contributed by atoms with Gasteiger partial charge in [-0.05, 0) is 36.9 Å². The third-order valence-electron chi connectivity index (χ3n) is 5.25. The summed E-state index contributed by atoms with van der Waals surface area (Å²) < 4.78 is 40.8. The van der Waals surface area contributed by atoms with E-state index in [0.717, 1.165) is 37.2 Å². The number of halogens is 3. The lowest BCUT2D eigenvalue weighted by atomic mass is 9.93. The number of nitrogens with one attached hydrogen (secondary N) is 1. The van der Waals surface area contributed by atoms with Crippen molar-refractivity contribution < 1.29 is 13.2 Å². The van der Waals surface area contributed by atoms with Gasteiger partial charge in [0.25, 0.3) is 0 Å². The Labute approximate surface area is 156 Å². The van der Waals surface area contributed by atoms with Gasteiger partial charge in [0.1, 0.15) is 0 Å². The summed E-state index contributed by atoms with van der Waals surface area (Å²) in [7, 11) is 0. The number of allylic oxidation sites excluding steroid dienone is 4. The van der Waals surface area contributed by atoms with Crippen LogP contribution in [0.4, 0.5) is 13.2 Å². The van der Waals surface area contributed by atoms with E-state index in [4.69, 9.17) is 5.10 Å². The van der Waals surface area contributed by atoms with Crippen molar-refractivity contribution in [3.8, 4) is 0 Å². The Morgan fingerprint density at radius 1 is 0.963 bits per heavy atom. The summed E-state index contributed by atoms with van der Waals surface area (Å²) in [5.74, 6) is 0. The van der Waals surface area contributed by atoms with Crippen LogP contribution in [0.3, 0.4) is 0 Å². The van der Waals surface area contributed by atoms with Gasteiger partial charge in [-0.15, -0.1) is 0 Å². The van der Waals surface area contributed by atoms with Crippen LogP contribution in [0, 0.1) is 0 Å². The molecule has 0 amide bonds. The van der Waals surface area contributed by atoms with E-state index < -0.39 is 11.7 Å². The van der Waals surface area contributed by atoms with E-state index in [-0.39, 0.29) is 6.42 Å². The molecule has 0 fully saturated rings. The second-order valence-electron chi connectivity index (χ2n) is 7.05. The van der Waals surface area contributed by atoms with Crippen LogP contribution in [-0.2, 0) is 19.4 Å². The van der Waals surface area contributed by atoms with Crippen LogP contribution < -0.4 is 5.32 Å². The highest BCUT2D eigenvalue weighted by molar-refractivity contribution is 5.69. The van der Waals surface area contributed by atoms with Gasteiger partial charge in [-0.1, -0.05) is 42.5 Å². The molecule has 0 spiro atoms. The number of benzene rings is 1. The van der Waals surface area contributed by atoms with E-state index in [1.54, 1.807) is 6.08 Å². The number of hydrogen-bond acceptors (Lipinski definition) is 2. The summed E-state index contributed by atoms with van der Waals surface area (Å²) >= 11 is 0. The molecule has 1 aromatic carbocycles. The van der Waals surface area contributed by atoms with Crippen molar-refractivity contribution in [3.05, 3.63) is 70.6 Å². The molecule has 2 heterocycles. The molecule has 3 nitrogen and oxygen atoms in total. The molecule has 2 aromatic rings. The number of nitrogens with zero attached hydrogens (tertiary/aromatic N) is 2. The molecule has 1 aliphatic heterocycles. The first-order valence-corrected chi connectivity index (χ1v) is 9.33. The Morgan fingerprint density at radius 3 is 2.44 bits per heavy atom. The third kappa shape index (κ3) is 3.86. The number of hydrogen-bond donors (Lipinski definition) is 1. The van der Waals surface area contributed by atoms with Gasteiger partial charge in [0.2, 0.25) is 0 Å². The molecule has 0 atom stereocenters. The largest absolute Gasteiger partial charge is 0.412 e. The van der Waals surface area contributed by atoms with Crippen LogP contribution in [-0.4, -0.2) is 29.0 Å². The van der Waals surface area contributed by atoms with Crippen molar-refractivity contribution in [2.24, 2.45) is 0 Å². The minimum Gasteiger partial charge on any atom is -0.316 e. The molecule has 2 aliphatic rings. The molecule has 1 aromatic heterocycles. The second-order valence-corrected chi connectivity index (χ2v) is 7.05. The predicted molar refractivity (Wildman–Crippen MR) is 99.4 cm³/mol. The monoisotopic (exact) mass is 373 g/mol. The smallest absolute Gasteiger partial charge is 0.316 e. The van der Waals surface area contributed by atoms with Gasteiger partial charge in [0.15, 0.2) is 0 Å². The maximum atomic E-state index is 12.9. The van der Waals surface area contributed by atoms with E-state index in [1.165, 1.54) is 22.9 Å². The minimum absolute atomic E-state index is 0.0217. The zero-order valence-electron chi connectivity index (χ0n) is 15.0. The van der Waals surface area contributed by atoms with Gasteiger partial charge in [-0.25, -0.2) is 0 Å². The van der Waals surface area contributed by atoms with Gasteiger partial charge in [-0.2, -0.15) is 18.3 Å². The van der Waals surface area contributed by atoms with Crippen molar-refractivity contribution in [1.29, 1.82) is 0 Å². The van der Waals surface area contributed by atoms with Gasteiger partial charge < -0.3 is 5.32 Å². The molecule has 6 heteroatoms. The molecule has 0 unspecified atom stereocenters. The van der Waals surface area contributed by atoms with Crippen molar-refractivity contribution in [2.75, 3.05) is 13.1 Å². The molecule has 0 saturated carbocycles. The SMILES string of the molecule is FC(F)(F)C1=CC=C(c2nn(Cc3ccccc3)c3c2CCNCC3)CC1. The fourth-order valence-corrected chi connectivity index (χ4v) is 3.84. The lowest BCUT2D eigenvalue weighted by molar-refractivity contribution is -0.0939. The van der Waals surface area contributed by atoms with Crippen molar-refractivity contribution in [1.82, 2.24) is 15.1 Å². The topological polar surface area (TPSA) is 29.9 Å². The maximum Gasteiger partial charge on any atom is 0.412 e. The van der Waals surface area contributed by atoms with Gasteiger partial charge >= 0.3 is 6.18 Å². The van der Waals surface area contributed by atoms with Crippen LogP contribution in [0.15, 0.2) is 48.1 Å². The van der Waals surface area contributed by atoms with Crippen LogP contribution in [0.2, 0.25) is 0 Å². The Morgan fingerprint density at radius 2 is 1.74 bits per heavy atom. The van der Waals surface area contributed by atoms with Crippen LogP contribution in [0.25, 0.3) is 5.57 Å². The highest BCUT2D eigenvalue weighted by Crippen LogP contribution is 2.37. The van der Waals surface area contributed by atoms with Crippen LogP contribution in [0.1, 0.15) is 35.4 Å². The first kappa shape index (κ1) is 18.0. The molecule has 4 rings (SSSR count). The highest BCUT2D eigenvalue weighted by atomic mass is 19.4. The second kappa shape index (κ2) is 7.35. The molecule has 1 aliphatic carbocycles. The average Bonchev–Trinajstić information content (AvgIpc) is 2.83. The molecule has 27 heavy (non-hydrogen) atoms. The van der Waals surface area contributed by atoms with Gasteiger partial charge in [0, 0.05) is 29.8 Å². The summed E-state index contributed by atoms with van der Waals surface area (Å²) in [6.07, 6.45) is 0.728. The molecule has 0 bridgehead atoms. The van der Waals surface area contributed by atoms with Crippen molar-refractivity contribution >= 4 is 5.57 Å². The number of rotatable bonds is 3. The maximum absolute atomic E-state index is 12.9. The van der Waals surface area contributed by atoms with Crippen LogP contribution >= 0.6 is 0 Å². The molecule has 0 radical (unpaired) electrons. The zero-order valence-corrected chi connectivity index (χ0v) is 15.0.